The fourth-order valence-corrected chi connectivity index (χ4v) is 1.75. The SMILES string of the molecule is CC(C)S(=O)(=O)Nc1ccc(F)c(C(N)=O)c1. The second-order valence-corrected chi connectivity index (χ2v) is 5.99. The molecule has 0 bridgehead atoms. The molecule has 0 fully saturated rings. The van der Waals surface area contributed by atoms with Crippen molar-refractivity contribution < 1.29 is 17.6 Å². The van der Waals surface area contributed by atoms with Crippen LogP contribution in [0.25, 0.3) is 0 Å². The molecule has 0 aliphatic rings. The van der Waals surface area contributed by atoms with Gasteiger partial charge in [0.1, 0.15) is 5.82 Å². The first kappa shape index (κ1) is 13.4. The lowest BCUT2D eigenvalue weighted by Crippen LogP contribution is -2.23. The second-order valence-electron chi connectivity index (χ2n) is 3.75. The van der Waals surface area contributed by atoms with E-state index in [0.29, 0.717) is 0 Å². The van der Waals surface area contributed by atoms with Gasteiger partial charge in [0.05, 0.1) is 10.8 Å². The zero-order valence-corrected chi connectivity index (χ0v) is 10.2. The van der Waals surface area contributed by atoms with Gasteiger partial charge in [0, 0.05) is 5.69 Å². The van der Waals surface area contributed by atoms with E-state index in [1.165, 1.54) is 19.9 Å². The molecule has 0 heterocycles. The summed E-state index contributed by atoms with van der Waals surface area (Å²) >= 11 is 0. The van der Waals surface area contributed by atoms with Gasteiger partial charge in [-0.25, -0.2) is 12.8 Å². The molecule has 1 aromatic carbocycles. The number of hydrogen-bond acceptors (Lipinski definition) is 3. The highest BCUT2D eigenvalue weighted by atomic mass is 32.2. The quantitative estimate of drug-likeness (QED) is 0.848. The second kappa shape index (κ2) is 4.70. The van der Waals surface area contributed by atoms with Gasteiger partial charge in [-0.15, -0.1) is 0 Å². The first-order chi connectivity index (χ1) is 7.74. The van der Waals surface area contributed by atoms with Crippen LogP contribution in [0.15, 0.2) is 18.2 Å². The molecule has 0 aliphatic carbocycles. The lowest BCUT2D eigenvalue weighted by molar-refractivity contribution is 0.0996. The van der Waals surface area contributed by atoms with Crippen LogP contribution >= 0.6 is 0 Å². The number of halogens is 1. The summed E-state index contributed by atoms with van der Waals surface area (Å²) in [5.41, 5.74) is 4.70. The predicted molar refractivity (Wildman–Crippen MR) is 62.6 cm³/mol. The molecule has 0 aromatic heterocycles. The Labute approximate surface area is 98.9 Å². The van der Waals surface area contributed by atoms with Gasteiger partial charge in [-0.05, 0) is 32.0 Å². The summed E-state index contributed by atoms with van der Waals surface area (Å²) in [6.07, 6.45) is 0. The molecule has 1 rings (SSSR count). The van der Waals surface area contributed by atoms with E-state index in [1.807, 2.05) is 0 Å². The van der Waals surface area contributed by atoms with Crippen molar-refractivity contribution in [3.05, 3.63) is 29.6 Å². The Bertz CT molecular complexity index is 540. The van der Waals surface area contributed by atoms with E-state index in [1.54, 1.807) is 0 Å². The number of sulfonamides is 1. The van der Waals surface area contributed by atoms with E-state index in [-0.39, 0.29) is 11.3 Å². The minimum Gasteiger partial charge on any atom is -0.366 e. The number of carbonyl (C=O) groups is 1. The standard InChI is InChI=1S/C10H13FN2O3S/c1-6(2)17(15,16)13-7-3-4-9(11)8(5-7)10(12)14/h3-6,13H,1-2H3,(H2,12,14). The Kier molecular flexibility index (Phi) is 3.72. The fraction of sp³-hybridized carbons (Fsp3) is 0.300. The number of anilines is 1. The summed E-state index contributed by atoms with van der Waals surface area (Å²) in [5.74, 6) is -1.74. The van der Waals surface area contributed by atoms with Crippen LogP contribution in [0.5, 0.6) is 0 Å². The third kappa shape index (κ3) is 3.16. The highest BCUT2D eigenvalue weighted by Gasteiger charge is 2.17. The van der Waals surface area contributed by atoms with Crippen LogP contribution in [0, 0.1) is 5.82 Å². The topological polar surface area (TPSA) is 89.3 Å². The van der Waals surface area contributed by atoms with E-state index in [4.69, 9.17) is 5.73 Å². The van der Waals surface area contributed by atoms with Crippen molar-refractivity contribution in [3.63, 3.8) is 0 Å². The predicted octanol–water partition coefficient (Wildman–Crippen LogP) is 1.07. The molecule has 0 aliphatic heterocycles. The Morgan fingerprint density at radius 1 is 1.41 bits per heavy atom. The van der Waals surface area contributed by atoms with Gasteiger partial charge >= 0.3 is 0 Å². The van der Waals surface area contributed by atoms with E-state index in [2.05, 4.69) is 4.72 Å². The van der Waals surface area contributed by atoms with Crippen molar-refractivity contribution in [3.8, 4) is 0 Å². The van der Waals surface area contributed by atoms with Gasteiger partial charge < -0.3 is 5.73 Å². The van der Waals surface area contributed by atoms with E-state index < -0.39 is 27.0 Å². The highest BCUT2D eigenvalue weighted by molar-refractivity contribution is 7.93. The minimum atomic E-state index is -3.53. The van der Waals surface area contributed by atoms with Crippen molar-refractivity contribution >= 4 is 21.6 Å². The number of primary amides is 1. The maximum Gasteiger partial charge on any atom is 0.251 e. The van der Waals surface area contributed by atoms with Crippen LogP contribution in [0.2, 0.25) is 0 Å². The van der Waals surface area contributed by atoms with Gasteiger partial charge in [0.15, 0.2) is 0 Å². The number of nitrogens with one attached hydrogen (secondary N) is 1. The van der Waals surface area contributed by atoms with Crippen LogP contribution in [0.1, 0.15) is 24.2 Å². The average molecular weight is 260 g/mol. The molecule has 5 nitrogen and oxygen atoms in total. The zero-order valence-electron chi connectivity index (χ0n) is 9.40. The number of nitrogens with two attached hydrogens (primary N) is 1. The molecule has 0 saturated heterocycles. The Hall–Kier alpha value is -1.63. The lowest BCUT2D eigenvalue weighted by atomic mass is 10.2. The molecular formula is C10H13FN2O3S. The maximum atomic E-state index is 13.1. The van der Waals surface area contributed by atoms with Gasteiger partial charge in [-0.2, -0.15) is 0 Å². The van der Waals surface area contributed by atoms with Crippen LogP contribution in [0.3, 0.4) is 0 Å². The largest absolute Gasteiger partial charge is 0.366 e. The summed E-state index contributed by atoms with van der Waals surface area (Å²) in [6.45, 7) is 3.00. The molecular weight excluding hydrogens is 247 g/mol. The third-order valence-electron chi connectivity index (χ3n) is 2.11. The number of rotatable bonds is 4. The monoisotopic (exact) mass is 260 g/mol. The van der Waals surface area contributed by atoms with Gasteiger partial charge in [-0.1, -0.05) is 0 Å². The molecule has 0 unspecified atom stereocenters. The molecule has 0 atom stereocenters. The van der Waals surface area contributed by atoms with Crippen molar-refractivity contribution in [2.75, 3.05) is 4.72 Å². The van der Waals surface area contributed by atoms with Gasteiger partial charge in [-0.3, -0.25) is 9.52 Å². The smallest absolute Gasteiger partial charge is 0.251 e. The number of hydrogen-bond donors (Lipinski definition) is 2. The normalized spacial score (nSPS) is 11.5. The molecule has 17 heavy (non-hydrogen) atoms. The molecule has 0 saturated carbocycles. The van der Waals surface area contributed by atoms with Crippen LogP contribution in [-0.4, -0.2) is 19.6 Å². The summed E-state index contributed by atoms with van der Waals surface area (Å²) in [5, 5.41) is -0.635. The van der Waals surface area contributed by atoms with Crippen molar-refractivity contribution in [1.29, 1.82) is 0 Å². The molecule has 1 amide bonds. The molecule has 7 heteroatoms. The maximum absolute atomic E-state index is 13.1. The first-order valence-electron chi connectivity index (χ1n) is 4.85. The van der Waals surface area contributed by atoms with Gasteiger partial charge in [0.25, 0.3) is 5.91 Å². The third-order valence-corrected chi connectivity index (χ3v) is 3.87. The summed E-state index contributed by atoms with van der Waals surface area (Å²) in [7, 11) is -3.53. The molecule has 0 spiro atoms. The average Bonchev–Trinajstić information content (AvgIpc) is 2.20. The zero-order chi connectivity index (χ0) is 13.2. The Morgan fingerprint density at radius 2 is 2.00 bits per heavy atom. The molecule has 1 aromatic rings. The molecule has 0 radical (unpaired) electrons. The molecule has 94 valence electrons. The van der Waals surface area contributed by atoms with E-state index >= 15 is 0 Å². The van der Waals surface area contributed by atoms with Crippen molar-refractivity contribution in [2.45, 2.75) is 19.1 Å². The first-order valence-corrected chi connectivity index (χ1v) is 6.39. The van der Waals surface area contributed by atoms with E-state index in [9.17, 15) is 17.6 Å². The number of benzene rings is 1. The Morgan fingerprint density at radius 3 is 2.47 bits per heavy atom. The van der Waals surface area contributed by atoms with Crippen LogP contribution in [0.4, 0.5) is 10.1 Å². The lowest BCUT2D eigenvalue weighted by Gasteiger charge is -2.11. The minimum absolute atomic E-state index is 0.105. The summed E-state index contributed by atoms with van der Waals surface area (Å²) < 4.78 is 38.5. The fourth-order valence-electron chi connectivity index (χ4n) is 1.06. The highest BCUT2D eigenvalue weighted by Crippen LogP contribution is 2.16. The van der Waals surface area contributed by atoms with Crippen molar-refractivity contribution in [1.82, 2.24) is 0 Å². The Balaban J connectivity index is 3.10. The summed E-state index contributed by atoms with van der Waals surface area (Å²) in [6, 6.07) is 3.28. The van der Waals surface area contributed by atoms with Gasteiger partial charge in [0.2, 0.25) is 10.0 Å². The van der Waals surface area contributed by atoms with Crippen molar-refractivity contribution in [2.24, 2.45) is 5.73 Å². The van der Waals surface area contributed by atoms with Crippen LogP contribution in [-0.2, 0) is 10.0 Å². The number of carbonyl (C=O) groups excluding carboxylic acids is 1. The molecule has 3 N–H and O–H groups in total. The van der Waals surface area contributed by atoms with E-state index in [0.717, 1.165) is 12.1 Å². The number of amides is 1. The van der Waals surface area contributed by atoms with Crippen LogP contribution < -0.4 is 10.5 Å². The summed E-state index contributed by atoms with van der Waals surface area (Å²) in [4.78, 5) is 10.9.